The molecule has 0 atom stereocenters. The van der Waals surface area contributed by atoms with Crippen LogP contribution in [0, 0.1) is 0 Å². The van der Waals surface area contributed by atoms with Gasteiger partial charge in [-0.2, -0.15) is 0 Å². The summed E-state index contributed by atoms with van der Waals surface area (Å²) < 4.78 is 2.71. The second-order valence-corrected chi connectivity index (χ2v) is 10.4. The molecule has 0 aliphatic heterocycles. The van der Waals surface area contributed by atoms with E-state index in [9.17, 15) is 0 Å². The van der Waals surface area contributed by atoms with Crippen molar-refractivity contribution in [1.29, 1.82) is 0 Å². The van der Waals surface area contributed by atoms with Gasteiger partial charge in [0, 0.05) is 20.2 Å². The Morgan fingerprint density at radius 1 is 0.400 bits per heavy atom. The van der Waals surface area contributed by atoms with E-state index in [0.717, 1.165) is 0 Å². The van der Waals surface area contributed by atoms with E-state index >= 15 is 0 Å². The molecule has 0 radical (unpaired) electrons. The van der Waals surface area contributed by atoms with Crippen LogP contribution in [0.2, 0.25) is 0 Å². The van der Waals surface area contributed by atoms with Crippen LogP contribution in [-0.4, -0.2) is 0 Å². The van der Waals surface area contributed by atoms with Crippen LogP contribution in [0.15, 0.2) is 121 Å². The number of rotatable bonds is 2. The van der Waals surface area contributed by atoms with E-state index in [4.69, 9.17) is 0 Å². The van der Waals surface area contributed by atoms with Crippen LogP contribution >= 0.6 is 11.3 Å². The van der Waals surface area contributed by atoms with Crippen molar-refractivity contribution in [1.82, 2.24) is 0 Å². The van der Waals surface area contributed by atoms with Crippen molar-refractivity contribution in [2.75, 3.05) is 0 Å². The molecule has 0 nitrogen and oxygen atoms in total. The molecule has 162 valence electrons. The Morgan fingerprint density at radius 3 is 1.94 bits per heavy atom. The number of fused-ring (bicyclic) bond motifs is 3. The third-order valence-electron chi connectivity index (χ3n) is 7.42. The molecule has 0 bridgehead atoms. The zero-order chi connectivity index (χ0) is 22.9. The monoisotopic (exact) mass is 460 g/mol. The highest BCUT2D eigenvalue weighted by molar-refractivity contribution is 7.26. The van der Waals surface area contributed by atoms with Crippen LogP contribution in [0.25, 0.3) is 74.7 Å². The molecule has 1 heterocycles. The standard InChI is InChI=1S/C34H20S/c1-2-13-31-28(10-1)30-12-5-11-27(34(30)35-31)25-9-4-8-24(20-25)26-18-16-23-15-14-21-6-3-7-22-17-19-29(26)33(23)32(21)22/h1-20H. The molecule has 8 aromatic rings. The summed E-state index contributed by atoms with van der Waals surface area (Å²) in [6.45, 7) is 0. The molecule has 0 saturated carbocycles. The molecule has 0 unspecified atom stereocenters. The summed E-state index contributed by atoms with van der Waals surface area (Å²) in [6.07, 6.45) is 0. The molecule has 0 saturated heterocycles. The minimum Gasteiger partial charge on any atom is -0.135 e. The Bertz CT molecular complexity index is 2040. The van der Waals surface area contributed by atoms with Crippen LogP contribution in [-0.2, 0) is 0 Å². The molecular weight excluding hydrogens is 440 g/mol. The van der Waals surface area contributed by atoms with Gasteiger partial charge in [-0.15, -0.1) is 11.3 Å². The molecule has 0 amide bonds. The van der Waals surface area contributed by atoms with E-state index < -0.39 is 0 Å². The van der Waals surface area contributed by atoms with Crippen molar-refractivity contribution in [3.05, 3.63) is 121 Å². The van der Waals surface area contributed by atoms with Crippen molar-refractivity contribution in [3.8, 4) is 22.3 Å². The van der Waals surface area contributed by atoms with Crippen LogP contribution in [0.3, 0.4) is 0 Å². The van der Waals surface area contributed by atoms with Gasteiger partial charge in [0.1, 0.15) is 0 Å². The van der Waals surface area contributed by atoms with Crippen LogP contribution in [0.5, 0.6) is 0 Å². The fourth-order valence-corrected chi connectivity index (χ4v) is 7.05. The van der Waals surface area contributed by atoms with Gasteiger partial charge in [0.25, 0.3) is 0 Å². The van der Waals surface area contributed by atoms with E-state index in [1.54, 1.807) is 0 Å². The second kappa shape index (κ2) is 7.15. The first-order valence-corrected chi connectivity index (χ1v) is 12.8. The first-order chi connectivity index (χ1) is 17.3. The molecule has 1 heteroatoms. The van der Waals surface area contributed by atoms with E-state index in [-0.39, 0.29) is 0 Å². The summed E-state index contributed by atoms with van der Waals surface area (Å²) in [4.78, 5) is 0. The van der Waals surface area contributed by atoms with E-state index in [1.807, 2.05) is 11.3 Å². The normalized spacial score (nSPS) is 12.0. The Labute approximate surface area is 207 Å². The van der Waals surface area contributed by atoms with Crippen molar-refractivity contribution < 1.29 is 0 Å². The molecule has 0 fully saturated rings. The Balaban J connectivity index is 1.38. The van der Waals surface area contributed by atoms with E-state index in [1.165, 1.54) is 74.7 Å². The lowest BCUT2D eigenvalue weighted by Crippen LogP contribution is -1.88. The predicted octanol–water partition coefficient (Wildman–Crippen LogP) is 10.3. The molecule has 7 aromatic carbocycles. The molecular formula is C34H20S. The first-order valence-electron chi connectivity index (χ1n) is 12.0. The third-order valence-corrected chi connectivity index (χ3v) is 8.64. The van der Waals surface area contributed by atoms with Crippen molar-refractivity contribution in [2.24, 2.45) is 0 Å². The predicted molar refractivity (Wildman–Crippen MR) is 154 cm³/mol. The van der Waals surface area contributed by atoms with Gasteiger partial charge in [0.2, 0.25) is 0 Å². The van der Waals surface area contributed by atoms with Crippen LogP contribution < -0.4 is 0 Å². The largest absolute Gasteiger partial charge is 0.135 e. The fraction of sp³-hybridized carbons (Fsp3) is 0. The Morgan fingerprint density at radius 2 is 1.06 bits per heavy atom. The maximum atomic E-state index is 2.37. The molecule has 0 spiro atoms. The van der Waals surface area contributed by atoms with Crippen molar-refractivity contribution in [3.63, 3.8) is 0 Å². The highest BCUT2D eigenvalue weighted by atomic mass is 32.1. The molecule has 0 aliphatic rings. The second-order valence-electron chi connectivity index (χ2n) is 9.33. The van der Waals surface area contributed by atoms with Gasteiger partial charge in [-0.1, -0.05) is 109 Å². The SMILES string of the molecule is c1cc(-c2ccc3ccc4cccc5ccc2c3c45)cc(-c2cccc3c2sc2ccccc23)c1. The molecule has 8 rings (SSSR count). The summed E-state index contributed by atoms with van der Waals surface area (Å²) >= 11 is 1.89. The number of thiophene rings is 1. The number of hydrogen-bond donors (Lipinski definition) is 0. The number of hydrogen-bond acceptors (Lipinski definition) is 1. The highest BCUT2D eigenvalue weighted by Crippen LogP contribution is 2.42. The molecule has 1 aromatic heterocycles. The first kappa shape index (κ1) is 19.1. The zero-order valence-electron chi connectivity index (χ0n) is 19.0. The van der Waals surface area contributed by atoms with E-state index in [0.29, 0.717) is 0 Å². The quantitative estimate of drug-likeness (QED) is 0.225. The van der Waals surface area contributed by atoms with Crippen LogP contribution in [0.4, 0.5) is 0 Å². The van der Waals surface area contributed by atoms with Gasteiger partial charge in [-0.25, -0.2) is 0 Å². The summed E-state index contributed by atoms with van der Waals surface area (Å²) in [5, 5.41) is 10.7. The van der Waals surface area contributed by atoms with Crippen molar-refractivity contribution in [2.45, 2.75) is 0 Å². The topological polar surface area (TPSA) is 0 Å². The molecule has 35 heavy (non-hydrogen) atoms. The molecule has 0 aliphatic carbocycles. The molecule has 0 N–H and O–H groups in total. The lowest BCUT2D eigenvalue weighted by atomic mass is 9.89. The van der Waals surface area contributed by atoms with Gasteiger partial charge in [0.15, 0.2) is 0 Å². The lowest BCUT2D eigenvalue weighted by molar-refractivity contribution is 1.64. The van der Waals surface area contributed by atoms with Gasteiger partial charge in [-0.3, -0.25) is 0 Å². The third kappa shape index (κ3) is 2.73. The Kier molecular flexibility index (Phi) is 3.91. The summed E-state index contributed by atoms with van der Waals surface area (Å²) in [6, 6.07) is 44.8. The van der Waals surface area contributed by atoms with E-state index in [2.05, 4.69) is 121 Å². The fourth-order valence-electron chi connectivity index (χ4n) is 5.82. The van der Waals surface area contributed by atoms with Gasteiger partial charge >= 0.3 is 0 Å². The highest BCUT2D eigenvalue weighted by Gasteiger charge is 2.14. The van der Waals surface area contributed by atoms with Crippen LogP contribution in [0.1, 0.15) is 0 Å². The van der Waals surface area contributed by atoms with Crippen molar-refractivity contribution >= 4 is 63.8 Å². The maximum Gasteiger partial charge on any atom is 0.0433 e. The minimum atomic E-state index is 1.26. The number of benzene rings is 7. The maximum absolute atomic E-state index is 2.37. The smallest absolute Gasteiger partial charge is 0.0433 e. The zero-order valence-corrected chi connectivity index (χ0v) is 19.8. The average Bonchev–Trinajstić information content (AvgIpc) is 3.31. The van der Waals surface area contributed by atoms with Gasteiger partial charge in [0.05, 0.1) is 0 Å². The van der Waals surface area contributed by atoms with Gasteiger partial charge < -0.3 is 0 Å². The van der Waals surface area contributed by atoms with Gasteiger partial charge in [-0.05, 0) is 66.7 Å². The summed E-state index contributed by atoms with van der Waals surface area (Å²) in [5.41, 5.74) is 5.13. The Hall–Kier alpha value is -4.20. The average molecular weight is 461 g/mol. The summed E-state index contributed by atoms with van der Waals surface area (Å²) in [7, 11) is 0. The summed E-state index contributed by atoms with van der Waals surface area (Å²) in [5.74, 6) is 0. The lowest BCUT2D eigenvalue weighted by Gasteiger charge is -2.15. The minimum absolute atomic E-state index is 1.26.